The standard InChI is InChI=1S/C21H19FN6OS/c1-14-3-6-17(7-4-14)28-13-24-26-21(28)30-12-20(29)25-16-5-8-19(18(22)11-16)27-10-9-23-15(27)2/h3-11,13H,12H2,1-2H3,(H,25,29). The van der Waals surface area contributed by atoms with E-state index in [1.54, 1.807) is 42.3 Å². The zero-order valence-electron chi connectivity index (χ0n) is 16.4. The van der Waals surface area contributed by atoms with Crippen LogP contribution in [0, 0.1) is 19.7 Å². The van der Waals surface area contributed by atoms with E-state index in [9.17, 15) is 9.18 Å². The van der Waals surface area contributed by atoms with E-state index >= 15 is 0 Å². The molecule has 0 bridgehead atoms. The fraction of sp³-hybridized carbons (Fsp3) is 0.143. The topological polar surface area (TPSA) is 77.6 Å². The normalized spacial score (nSPS) is 10.9. The van der Waals surface area contributed by atoms with Crippen LogP contribution in [0.3, 0.4) is 0 Å². The number of benzene rings is 2. The van der Waals surface area contributed by atoms with Gasteiger partial charge < -0.3 is 9.88 Å². The van der Waals surface area contributed by atoms with Crippen LogP contribution in [-0.4, -0.2) is 36.0 Å². The average molecular weight is 422 g/mol. The number of aryl methyl sites for hydroxylation is 2. The Kier molecular flexibility index (Phi) is 5.62. The van der Waals surface area contributed by atoms with E-state index in [1.807, 2.05) is 35.8 Å². The molecule has 30 heavy (non-hydrogen) atoms. The van der Waals surface area contributed by atoms with Crippen LogP contribution in [-0.2, 0) is 4.79 Å². The predicted octanol–water partition coefficient (Wildman–Crippen LogP) is 3.94. The zero-order chi connectivity index (χ0) is 21.1. The van der Waals surface area contributed by atoms with Gasteiger partial charge in [0.05, 0.1) is 11.4 Å². The van der Waals surface area contributed by atoms with Gasteiger partial charge in [0.2, 0.25) is 5.91 Å². The van der Waals surface area contributed by atoms with Crippen molar-refractivity contribution in [2.75, 3.05) is 11.1 Å². The first kappa shape index (κ1) is 19.8. The molecule has 0 aliphatic rings. The molecule has 0 atom stereocenters. The summed E-state index contributed by atoms with van der Waals surface area (Å²) in [5, 5.41) is 11.3. The summed E-state index contributed by atoms with van der Waals surface area (Å²) < 4.78 is 18.0. The molecule has 0 aliphatic carbocycles. The molecule has 2 aromatic heterocycles. The maximum Gasteiger partial charge on any atom is 0.234 e. The van der Waals surface area contributed by atoms with E-state index in [-0.39, 0.29) is 11.7 Å². The molecule has 1 N–H and O–H groups in total. The van der Waals surface area contributed by atoms with Crippen LogP contribution >= 0.6 is 11.8 Å². The second-order valence-electron chi connectivity index (χ2n) is 6.67. The Hall–Kier alpha value is -3.46. The summed E-state index contributed by atoms with van der Waals surface area (Å²) in [4.78, 5) is 16.4. The smallest absolute Gasteiger partial charge is 0.234 e. The minimum atomic E-state index is -0.444. The fourth-order valence-corrected chi connectivity index (χ4v) is 3.67. The SMILES string of the molecule is Cc1ccc(-n2cnnc2SCC(=O)Nc2ccc(-n3ccnc3C)c(F)c2)cc1. The number of halogens is 1. The lowest BCUT2D eigenvalue weighted by molar-refractivity contribution is -0.113. The second kappa shape index (κ2) is 8.50. The predicted molar refractivity (Wildman–Crippen MR) is 114 cm³/mol. The van der Waals surface area contributed by atoms with Gasteiger partial charge in [0, 0.05) is 23.8 Å². The van der Waals surface area contributed by atoms with Crippen LogP contribution < -0.4 is 5.32 Å². The number of hydrogen-bond acceptors (Lipinski definition) is 5. The molecule has 152 valence electrons. The Labute approximate surface area is 177 Å². The van der Waals surface area contributed by atoms with Gasteiger partial charge in [-0.25, -0.2) is 9.37 Å². The molecule has 4 rings (SSSR count). The highest BCUT2D eigenvalue weighted by atomic mass is 32.2. The zero-order valence-corrected chi connectivity index (χ0v) is 17.2. The highest BCUT2D eigenvalue weighted by molar-refractivity contribution is 7.99. The third-order valence-electron chi connectivity index (χ3n) is 4.48. The number of nitrogens with zero attached hydrogens (tertiary/aromatic N) is 5. The summed E-state index contributed by atoms with van der Waals surface area (Å²) in [6, 6.07) is 12.5. The number of imidazole rings is 1. The number of carbonyl (C=O) groups excluding carboxylic acids is 1. The van der Waals surface area contributed by atoms with E-state index in [2.05, 4.69) is 20.5 Å². The number of aromatic nitrogens is 5. The molecule has 7 nitrogen and oxygen atoms in total. The lowest BCUT2D eigenvalue weighted by Gasteiger charge is -2.10. The molecule has 0 saturated carbocycles. The molecule has 1 amide bonds. The van der Waals surface area contributed by atoms with Gasteiger partial charge in [-0.15, -0.1) is 10.2 Å². The van der Waals surface area contributed by atoms with Crippen LogP contribution in [0.2, 0.25) is 0 Å². The number of carbonyl (C=O) groups is 1. The van der Waals surface area contributed by atoms with Crippen molar-refractivity contribution < 1.29 is 9.18 Å². The Bertz CT molecular complexity index is 1180. The van der Waals surface area contributed by atoms with Crippen LogP contribution in [0.15, 0.2) is 66.3 Å². The monoisotopic (exact) mass is 422 g/mol. The van der Waals surface area contributed by atoms with Crippen molar-refractivity contribution in [3.63, 3.8) is 0 Å². The van der Waals surface area contributed by atoms with E-state index in [0.717, 1.165) is 11.3 Å². The highest BCUT2D eigenvalue weighted by Crippen LogP contribution is 2.22. The molecule has 0 saturated heterocycles. The van der Waals surface area contributed by atoms with Gasteiger partial charge in [0.1, 0.15) is 18.0 Å². The summed E-state index contributed by atoms with van der Waals surface area (Å²) >= 11 is 1.26. The molecule has 2 heterocycles. The number of amides is 1. The summed E-state index contributed by atoms with van der Waals surface area (Å²) in [6.07, 6.45) is 4.90. The number of hydrogen-bond donors (Lipinski definition) is 1. The second-order valence-corrected chi connectivity index (χ2v) is 7.61. The summed E-state index contributed by atoms with van der Waals surface area (Å²) in [7, 11) is 0. The molecular weight excluding hydrogens is 403 g/mol. The quantitative estimate of drug-likeness (QED) is 0.476. The van der Waals surface area contributed by atoms with Crippen molar-refractivity contribution in [1.82, 2.24) is 24.3 Å². The molecule has 0 spiro atoms. The fourth-order valence-electron chi connectivity index (χ4n) is 2.95. The minimum Gasteiger partial charge on any atom is -0.325 e. The largest absolute Gasteiger partial charge is 0.325 e. The molecule has 2 aromatic carbocycles. The number of anilines is 1. The molecule has 9 heteroatoms. The Balaban J connectivity index is 1.40. The van der Waals surface area contributed by atoms with Crippen molar-refractivity contribution >= 4 is 23.4 Å². The molecule has 0 fully saturated rings. The maximum absolute atomic E-state index is 14.5. The number of nitrogens with one attached hydrogen (secondary N) is 1. The Morgan fingerprint density at radius 1 is 1.13 bits per heavy atom. The highest BCUT2D eigenvalue weighted by Gasteiger charge is 2.12. The van der Waals surface area contributed by atoms with Gasteiger partial charge >= 0.3 is 0 Å². The third kappa shape index (κ3) is 4.25. The third-order valence-corrected chi connectivity index (χ3v) is 5.42. The molecular formula is C21H19FN6OS. The maximum atomic E-state index is 14.5. The van der Waals surface area contributed by atoms with Gasteiger partial charge in [-0.2, -0.15) is 0 Å². The van der Waals surface area contributed by atoms with Crippen molar-refractivity contribution in [3.8, 4) is 11.4 Å². The lowest BCUT2D eigenvalue weighted by atomic mass is 10.2. The van der Waals surface area contributed by atoms with Gasteiger partial charge in [-0.1, -0.05) is 29.5 Å². The van der Waals surface area contributed by atoms with Crippen LogP contribution in [0.4, 0.5) is 10.1 Å². The first-order chi connectivity index (χ1) is 14.5. The number of rotatable bonds is 6. The van der Waals surface area contributed by atoms with E-state index in [1.165, 1.54) is 17.8 Å². The molecule has 4 aromatic rings. The Morgan fingerprint density at radius 3 is 2.63 bits per heavy atom. The first-order valence-corrected chi connectivity index (χ1v) is 10.2. The van der Waals surface area contributed by atoms with Crippen LogP contribution in [0.25, 0.3) is 11.4 Å². The summed E-state index contributed by atoms with van der Waals surface area (Å²) in [5.41, 5.74) is 2.84. The van der Waals surface area contributed by atoms with E-state index in [4.69, 9.17) is 0 Å². The Morgan fingerprint density at radius 2 is 1.93 bits per heavy atom. The van der Waals surface area contributed by atoms with Gasteiger partial charge in [-0.3, -0.25) is 9.36 Å². The molecule has 0 unspecified atom stereocenters. The molecule has 0 aliphatic heterocycles. The van der Waals surface area contributed by atoms with Crippen LogP contribution in [0.5, 0.6) is 0 Å². The van der Waals surface area contributed by atoms with Crippen molar-refractivity contribution in [2.24, 2.45) is 0 Å². The summed E-state index contributed by atoms with van der Waals surface area (Å²) in [5.74, 6) is 0.0963. The van der Waals surface area contributed by atoms with Crippen molar-refractivity contribution in [3.05, 3.63) is 78.4 Å². The average Bonchev–Trinajstić information content (AvgIpc) is 3.36. The van der Waals surface area contributed by atoms with Gasteiger partial charge in [-0.05, 0) is 44.2 Å². The summed E-state index contributed by atoms with van der Waals surface area (Å²) in [6.45, 7) is 3.81. The van der Waals surface area contributed by atoms with Crippen molar-refractivity contribution in [1.29, 1.82) is 0 Å². The van der Waals surface area contributed by atoms with E-state index in [0.29, 0.717) is 22.4 Å². The van der Waals surface area contributed by atoms with Crippen molar-refractivity contribution in [2.45, 2.75) is 19.0 Å². The minimum absolute atomic E-state index is 0.120. The van der Waals surface area contributed by atoms with Crippen LogP contribution in [0.1, 0.15) is 11.4 Å². The van der Waals surface area contributed by atoms with E-state index < -0.39 is 5.82 Å². The molecule has 0 radical (unpaired) electrons. The lowest BCUT2D eigenvalue weighted by Crippen LogP contribution is -2.15. The number of thioether (sulfide) groups is 1. The first-order valence-electron chi connectivity index (χ1n) is 9.21. The van der Waals surface area contributed by atoms with Gasteiger partial charge in [0.15, 0.2) is 5.16 Å². The van der Waals surface area contributed by atoms with Gasteiger partial charge in [0.25, 0.3) is 0 Å².